The van der Waals surface area contributed by atoms with Crippen LogP contribution in [-0.2, 0) is 17.1 Å². The molecule has 0 fully saturated rings. The summed E-state index contributed by atoms with van der Waals surface area (Å²) in [7, 11) is -0.123. The third-order valence-corrected chi connectivity index (χ3v) is 6.51. The van der Waals surface area contributed by atoms with E-state index in [1.165, 1.54) is 17.6 Å². The fraction of sp³-hybridized carbons (Fsp3) is 0.125. The van der Waals surface area contributed by atoms with E-state index in [2.05, 4.69) is 0 Å². The van der Waals surface area contributed by atoms with E-state index in [4.69, 9.17) is 0 Å². The van der Waals surface area contributed by atoms with E-state index in [-0.39, 0.29) is 5.56 Å². The second-order valence-electron chi connectivity index (χ2n) is 7.37. The minimum Gasteiger partial charge on any atom is -0.317 e. The first-order valence-electron chi connectivity index (χ1n) is 9.49. The highest BCUT2D eigenvalue weighted by Crippen LogP contribution is 2.32. The number of aromatic nitrogens is 1. The number of nitrogens with zero attached hydrogens (tertiary/aromatic N) is 2. The third kappa shape index (κ3) is 3.62. The van der Waals surface area contributed by atoms with Crippen molar-refractivity contribution in [3.8, 4) is 22.3 Å². The van der Waals surface area contributed by atoms with Crippen molar-refractivity contribution < 1.29 is 8.42 Å². The Bertz CT molecular complexity index is 1410. The van der Waals surface area contributed by atoms with Crippen LogP contribution in [-0.4, -0.2) is 26.3 Å². The van der Waals surface area contributed by atoms with Gasteiger partial charge in [-0.15, -0.1) is 0 Å². The van der Waals surface area contributed by atoms with Gasteiger partial charge in [-0.25, -0.2) is 8.42 Å². The normalized spacial score (nSPS) is 11.6. The molecule has 6 heteroatoms. The molecule has 0 unspecified atom stereocenters. The summed E-state index contributed by atoms with van der Waals surface area (Å²) in [5.74, 6) is 0. The Hall–Kier alpha value is -3.38. The maximum atomic E-state index is 12.7. The zero-order valence-electron chi connectivity index (χ0n) is 17.0. The molecule has 0 bridgehead atoms. The molecule has 0 radical (unpaired) electrons. The van der Waals surface area contributed by atoms with E-state index in [0.29, 0.717) is 11.1 Å². The van der Waals surface area contributed by atoms with Gasteiger partial charge in [0.1, 0.15) is 0 Å². The molecule has 4 aromatic rings. The van der Waals surface area contributed by atoms with Crippen LogP contribution in [0, 0.1) is 0 Å². The van der Waals surface area contributed by atoms with Crippen molar-refractivity contribution in [1.29, 1.82) is 0 Å². The molecule has 0 amide bonds. The summed E-state index contributed by atoms with van der Waals surface area (Å²) in [5.41, 5.74) is 4.29. The topological polar surface area (TPSA) is 59.4 Å². The minimum atomic E-state index is -3.38. The molecule has 152 valence electrons. The fourth-order valence-corrected chi connectivity index (χ4v) is 4.06. The molecule has 3 aromatic carbocycles. The molecule has 0 aliphatic heterocycles. The van der Waals surface area contributed by atoms with E-state index in [1.54, 1.807) is 23.9 Å². The molecule has 4 rings (SSSR count). The van der Waals surface area contributed by atoms with Gasteiger partial charge in [-0.1, -0.05) is 48.5 Å². The lowest BCUT2D eigenvalue weighted by Gasteiger charge is -2.18. The summed E-state index contributed by atoms with van der Waals surface area (Å²) in [4.78, 5) is 12.7. The van der Waals surface area contributed by atoms with Gasteiger partial charge < -0.3 is 4.57 Å². The summed E-state index contributed by atoms with van der Waals surface area (Å²) >= 11 is 0. The van der Waals surface area contributed by atoms with Crippen LogP contribution in [0.3, 0.4) is 0 Å². The lowest BCUT2D eigenvalue weighted by molar-refractivity contribution is 0.600. The summed E-state index contributed by atoms with van der Waals surface area (Å²) in [6.45, 7) is 0. The van der Waals surface area contributed by atoms with E-state index < -0.39 is 10.0 Å². The lowest BCUT2D eigenvalue weighted by Crippen LogP contribution is -2.24. The number of benzene rings is 3. The van der Waals surface area contributed by atoms with Crippen LogP contribution in [0.2, 0.25) is 0 Å². The Kier molecular flexibility index (Phi) is 4.95. The first-order chi connectivity index (χ1) is 14.3. The third-order valence-electron chi connectivity index (χ3n) is 5.31. The molecule has 0 spiro atoms. The van der Waals surface area contributed by atoms with Crippen molar-refractivity contribution in [1.82, 2.24) is 4.57 Å². The monoisotopic (exact) mass is 418 g/mol. The highest BCUT2D eigenvalue weighted by Gasteiger charge is 2.15. The van der Waals surface area contributed by atoms with E-state index in [9.17, 15) is 13.2 Å². The van der Waals surface area contributed by atoms with Crippen molar-refractivity contribution in [3.05, 3.63) is 89.3 Å². The molecule has 0 saturated heterocycles. The number of pyridine rings is 1. The summed E-state index contributed by atoms with van der Waals surface area (Å²) < 4.78 is 26.8. The van der Waals surface area contributed by atoms with Crippen molar-refractivity contribution in [2.24, 2.45) is 7.05 Å². The molecule has 0 saturated carbocycles. The van der Waals surface area contributed by atoms with Gasteiger partial charge in [0.25, 0.3) is 5.56 Å². The zero-order valence-corrected chi connectivity index (χ0v) is 17.8. The zero-order chi connectivity index (χ0) is 21.5. The van der Waals surface area contributed by atoms with Crippen LogP contribution < -0.4 is 9.86 Å². The molecule has 1 heterocycles. The van der Waals surface area contributed by atoms with Crippen molar-refractivity contribution in [2.45, 2.75) is 0 Å². The number of anilines is 1. The van der Waals surface area contributed by atoms with Gasteiger partial charge in [-0.05, 0) is 46.3 Å². The van der Waals surface area contributed by atoms with Crippen LogP contribution in [0.25, 0.3) is 33.0 Å². The molecular weight excluding hydrogens is 396 g/mol. The predicted molar refractivity (Wildman–Crippen MR) is 123 cm³/mol. The van der Waals surface area contributed by atoms with Crippen LogP contribution in [0.15, 0.2) is 83.8 Å². The van der Waals surface area contributed by atoms with Crippen molar-refractivity contribution in [3.63, 3.8) is 0 Å². The van der Waals surface area contributed by atoms with Gasteiger partial charge in [-0.2, -0.15) is 0 Å². The number of hydrogen-bond acceptors (Lipinski definition) is 3. The molecule has 5 nitrogen and oxygen atoms in total. The number of aryl methyl sites for hydroxylation is 1. The van der Waals surface area contributed by atoms with Crippen LogP contribution >= 0.6 is 0 Å². The molecule has 0 aliphatic rings. The molecule has 1 aromatic heterocycles. The van der Waals surface area contributed by atoms with E-state index in [1.807, 2.05) is 66.7 Å². The van der Waals surface area contributed by atoms with Gasteiger partial charge in [0.15, 0.2) is 0 Å². The SMILES string of the molecule is CN(c1cccc(-c2cn(C)c(=O)c3ccc(-c4ccccc4)cc23)c1)S(C)(=O)=O. The predicted octanol–water partition coefficient (Wildman–Crippen LogP) is 4.27. The first-order valence-corrected chi connectivity index (χ1v) is 11.3. The summed E-state index contributed by atoms with van der Waals surface area (Å²) in [5, 5.41) is 1.45. The van der Waals surface area contributed by atoms with Crippen LogP contribution in [0.1, 0.15) is 0 Å². The molecule has 0 atom stereocenters. The maximum absolute atomic E-state index is 12.7. The highest BCUT2D eigenvalue weighted by molar-refractivity contribution is 7.92. The maximum Gasteiger partial charge on any atom is 0.258 e. The van der Waals surface area contributed by atoms with Gasteiger partial charge in [0.2, 0.25) is 10.0 Å². The lowest BCUT2D eigenvalue weighted by atomic mass is 9.96. The van der Waals surface area contributed by atoms with Gasteiger partial charge >= 0.3 is 0 Å². The molecule has 0 N–H and O–H groups in total. The number of fused-ring (bicyclic) bond motifs is 1. The summed E-state index contributed by atoms with van der Waals surface area (Å²) in [6, 6.07) is 23.2. The average Bonchev–Trinajstić information content (AvgIpc) is 2.75. The van der Waals surface area contributed by atoms with E-state index >= 15 is 0 Å². The molecular formula is C24H22N2O3S. The average molecular weight is 419 g/mol. The molecule has 30 heavy (non-hydrogen) atoms. The quantitative estimate of drug-likeness (QED) is 0.497. The number of sulfonamides is 1. The summed E-state index contributed by atoms with van der Waals surface area (Å²) in [6.07, 6.45) is 2.98. The number of hydrogen-bond donors (Lipinski definition) is 0. The van der Waals surface area contributed by atoms with Gasteiger partial charge in [0.05, 0.1) is 11.9 Å². The fourth-order valence-electron chi connectivity index (χ4n) is 3.57. The van der Waals surface area contributed by atoms with E-state index in [0.717, 1.165) is 27.6 Å². The number of rotatable bonds is 4. The van der Waals surface area contributed by atoms with Gasteiger partial charge in [-0.3, -0.25) is 9.10 Å². The minimum absolute atomic E-state index is 0.0715. The van der Waals surface area contributed by atoms with Crippen molar-refractivity contribution >= 4 is 26.5 Å². The Labute approximate surface area is 175 Å². The Morgan fingerprint density at radius 3 is 2.20 bits per heavy atom. The van der Waals surface area contributed by atoms with Crippen LogP contribution in [0.5, 0.6) is 0 Å². The van der Waals surface area contributed by atoms with Crippen LogP contribution in [0.4, 0.5) is 5.69 Å². The Morgan fingerprint density at radius 1 is 0.800 bits per heavy atom. The van der Waals surface area contributed by atoms with Gasteiger partial charge in [0, 0.05) is 31.2 Å². The standard InChI is InChI=1S/C24H22N2O3S/c1-25-16-23(19-10-7-11-20(14-19)26(2)30(3,28)29)22-15-18(12-13-21(22)24(25)27)17-8-5-4-6-9-17/h4-16H,1-3H3. The smallest absolute Gasteiger partial charge is 0.258 e. The Morgan fingerprint density at radius 2 is 1.50 bits per heavy atom. The largest absolute Gasteiger partial charge is 0.317 e. The van der Waals surface area contributed by atoms with Crippen molar-refractivity contribution in [2.75, 3.05) is 17.6 Å². The highest BCUT2D eigenvalue weighted by atomic mass is 32.2. The first kappa shape index (κ1) is 19.9. The molecule has 0 aliphatic carbocycles. The Balaban J connectivity index is 1.97. The second-order valence-corrected chi connectivity index (χ2v) is 9.38. The second kappa shape index (κ2) is 7.46.